The number of hydrogen-bond donors (Lipinski definition) is 0. The monoisotopic (exact) mass is 652 g/mol. The molecule has 51 heavy (non-hydrogen) atoms. The molecule has 10 aromatic rings. The summed E-state index contributed by atoms with van der Waals surface area (Å²) in [5.74, 6) is 0. The molecule has 2 heterocycles. The Bertz CT molecular complexity index is 2790. The maximum Gasteiger partial charge on any atom is 0.143 e. The highest BCUT2D eigenvalue weighted by Gasteiger charge is 2.19. The van der Waals surface area contributed by atoms with Crippen molar-refractivity contribution in [2.24, 2.45) is 0 Å². The Kier molecular flexibility index (Phi) is 6.81. The molecule has 0 N–H and O–H groups in total. The van der Waals surface area contributed by atoms with Gasteiger partial charge in [-0.2, -0.15) is 0 Å². The Morgan fingerprint density at radius 2 is 0.941 bits per heavy atom. The van der Waals surface area contributed by atoms with Gasteiger partial charge in [0.05, 0.1) is 11.0 Å². The number of fused-ring (bicyclic) bond motifs is 6. The summed E-state index contributed by atoms with van der Waals surface area (Å²) < 4.78 is 9.02. The number of nitrogens with zero attached hydrogens (tertiary/aromatic N) is 2. The summed E-state index contributed by atoms with van der Waals surface area (Å²) in [7, 11) is 0. The second kappa shape index (κ2) is 11.9. The number of para-hydroxylation sites is 5. The van der Waals surface area contributed by atoms with E-state index in [1.165, 1.54) is 21.8 Å². The van der Waals surface area contributed by atoms with E-state index >= 15 is 0 Å². The van der Waals surface area contributed by atoms with Gasteiger partial charge in [0, 0.05) is 49.9 Å². The maximum atomic E-state index is 6.65. The van der Waals surface area contributed by atoms with Crippen LogP contribution in [0.1, 0.15) is 0 Å². The molecule has 0 amide bonds. The lowest BCUT2D eigenvalue weighted by molar-refractivity contribution is 0.670. The second-order valence-electron chi connectivity index (χ2n) is 13.0. The lowest BCUT2D eigenvalue weighted by Gasteiger charge is -2.25. The van der Waals surface area contributed by atoms with Crippen LogP contribution in [-0.2, 0) is 0 Å². The number of benzene rings is 8. The minimum Gasteiger partial charge on any atom is -0.455 e. The van der Waals surface area contributed by atoms with Crippen LogP contribution in [0.15, 0.2) is 199 Å². The molecule has 0 radical (unpaired) electrons. The Morgan fingerprint density at radius 3 is 1.67 bits per heavy atom. The highest BCUT2D eigenvalue weighted by atomic mass is 16.3. The topological polar surface area (TPSA) is 21.3 Å². The second-order valence-corrected chi connectivity index (χ2v) is 13.0. The van der Waals surface area contributed by atoms with Gasteiger partial charge in [-0.1, -0.05) is 115 Å². The molecule has 0 atom stereocenters. The van der Waals surface area contributed by atoms with Crippen LogP contribution in [0.25, 0.3) is 71.7 Å². The molecular formula is C48H32N2O. The molecule has 8 aromatic carbocycles. The molecule has 0 aliphatic heterocycles. The van der Waals surface area contributed by atoms with Gasteiger partial charge >= 0.3 is 0 Å². The van der Waals surface area contributed by atoms with Gasteiger partial charge in [0.1, 0.15) is 11.2 Å². The average Bonchev–Trinajstić information content (AvgIpc) is 3.75. The zero-order chi connectivity index (χ0) is 33.7. The van der Waals surface area contributed by atoms with E-state index in [9.17, 15) is 0 Å². The molecule has 0 saturated carbocycles. The van der Waals surface area contributed by atoms with Gasteiger partial charge in [-0.05, 0) is 95.6 Å². The average molecular weight is 653 g/mol. The van der Waals surface area contributed by atoms with Crippen molar-refractivity contribution in [3.05, 3.63) is 194 Å². The van der Waals surface area contributed by atoms with Crippen LogP contribution in [0, 0.1) is 0 Å². The molecule has 2 aromatic heterocycles. The van der Waals surface area contributed by atoms with E-state index in [-0.39, 0.29) is 0 Å². The zero-order valence-corrected chi connectivity index (χ0v) is 27.8. The van der Waals surface area contributed by atoms with Gasteiger partial charge in [0.15, 0.2) is 0 Å². The number of aromatic nitrogens is 1. The summed E-state index contributed by atoms with van der Waals surface area (Å²) in [6.45, 7) is 0. The van der Waals surface area contributed by atoms with Crippen molar-refractivity contribution < 1.29 is 4.42 Å². The van der Waals surface area contributed by atoms with Gasteiger partial charge in [-0.3, -0.25) is 0 Å². The third kappa shape index (κ3) is 4.90. The summed E-state index contributed by atoms with van der Waals surface area (Å²) in [6, 6.07) is 69.0. The van der Waals surface area contributed by atoms with Gasteiger partial charge in [-0.25, -0.2) is 0 Å². The summed E-state index contributed by atoms with van der Waals surface area (Å²) >= 11 is 0. The fourth-order valence-corrected chi connectivity index (χ4v) is 7.61. The van der Waals surface area contributed by atoms with E-state index < -0.39 is 0 Å². The number of hydrogen-bond acceptors (Lipinski definition) is 2. The first-order valence-electron chi connectivity index (χ1n) is 17.4. The molecule has 0 aliphatic carbocycles. The third-order valence-electron chi connectivity index (χ3n) is 9.96. The summed E-state index contributed by atoms with van der Waals surface area (Å²) in [5.41, 5.74) is 13.1. The molecule has 0 bridgehead atoms. The fourth-order valence-electron chi connectivity index (χ4n) is 7.61. The quantitative estimate of drug-likeness (QED) is 0.178. The van der Waals surface area contributed by atoms with E-state index in [1.54, 1.807) is 0 Å². The molecule has 3 heteroatoms. The first-order valence-corrected chi connectivity index (χ1v) is 17.4. The van der Waals surface area contributed by atoms with Gasteiger partial charge in [0.25, 0.3) is 0 Å². The maximum absolute atomic E-state index is 6.65. The van der Waals surface area contributed by atoms with Crippen LogP contribution in [0.3, 0.4) is 0 Å². The van der Waals surface area contributed by atoms with E-state index in [0.717, 1.165) is 66.9 Å². The number of anilines is 3. The molecule has 3 nitrogen and oxygen atoms in total. The Morgan fingerprint density at radius 1 is 0.373 bits per heavy atom. The molecule has 10 rings (SSSR count). The molecule has 240 valence electrons. The van der Waals surface area contributed by atoms with Crippen LogP contribution < -0.4 is 4.90 Å². The summed E-state index contributed by atoms with van der Waals surface area (Å²) in [6.07, 6.45) is 0. The molecule has 0 unspecified atom stereocenters. The third-order valence-corrected chi connectivity index (χ3v) is 9.96. The van der Waals surface area contributed by atoms with Gasteiger partial charge in [0.2, 0.25) is 0 Å². The van der Waals surface area contributed by atoms with Crippen LogP contribution in [0.5, 0.6) is 0 Å². The normalized spacial score (nSPS) is 11.5. The minimum absolute atomic E-state index is 0.891. The first kappa shape index (κ1) is 29.1. The molecular weight excluding hydrogens is 621 g/mol. The van der Waals surface area contributed by atoms with Crippen LogP contribution in [0.4, 0.5) is 17.1 Å². The van der Waals surface area contributed by atoms with Gasteiger partial charge < -0.3 is 13.9 Å². The lowest BCUT2D eigenvalue weighted by Crippen LogP contribution is -2.09. The predicted molar refractivity (Wildman–Crippen MR) is 214 cm³/mol. The highest BCUT2D eigenvalue weighted by molar-refractivity contribution is 6.14. The smallest absolute Gasteiger partial charge is 0.143 e. The molecule has 0 saturated heterocycles. The van der Waals surface area contributed by atoms with Crippen LogP contribution in [0.2, 0.25) is 0 Å². The van der Waals surface area contributed by atoms with Gasteiger partial charge in [-0.15, -0.1) is 0 Å². The fraction of sp³-hybridized carbons (Fsp3) is 0. The van der Waals surface area contributed by atoms with Crippen molar-refractivity contribution in [1.82, 2.24) is 4.57 Å². The lowest BCUT2D eigenvalue weighted by atomic mass is 9.95. The first-order chi connectivity index (χ1) is 25.3. The van der Waals surface area contributed by atoms with E-state index in [0.29, 0.717) is 0 Å². The number of furan rings is 1. The van der Waals surface area contributed by atoms with Crippen LogP contribution >= 0.6 is 0 Å². The Balaban J connectivity index is 1.16. The standard InChI is InChI=1S/C48H32N2O/c1-4-14-36(15-5-1)49(37-16-6-2-7-17-37)39-27-24-33(25-28-39)35-30-43(48-44(31-35)42-21-11-13-23-47(42)51-48)34-26-29-41-40-20-10-12-22-45(40)50(46(41)32-34)38-18-8-3-9-19-38/h1-32H. The largest absolute Gasteiger partial charge is 0.455 e. The van der Waals surface area contributed by atoms with Crippen molar-refractivity contribution in [1.29, 1.82) is 0 Å². The van der Waals surface area contributed by atoms with E-state index in [2.05, 4.69) is 198 Å². The van der Waals surface area contributed by atoms with E-state index in [1.807, 2.05) is 6.07 Å². The van der Waals surface area contributed by atoms with Crippen LogP contribution in [-0.4, -0.2) is 4.57 Å². The predicted octanol–water partition coefficient (Wildman–Crippen LogP) is 13.5. The number of rotatable bonds is 6. The Hall–Kier alpha value is -6.84. The molecule has 0 fully saturated rings. The summed E-state index contributed by atoms with van der Waals surface area (Å²) in [5, 5.41) is 4.70. The Labute approximate surface area is 295 Å². The van der Waals surface area contributed by atoms with Crippen molar-refractivity contribution in [2.45, 2.75) is 0 Å². The van der Waals surface area contributed by atoms with E-state index in [4.69, 9.17) is 4.42 Å². The zero-order valence-electron chi connectivity index (χ0n) is 27.8. The molecule has 0 spiro atoms. The van der Waals surface area contributed by atoms with Crippen molar-refractivity contribution in [3.8, 4) is 27.9 Å². The van der Waals surface area contributed by atoms with Crippen molar-refractivity contribution in [3.63, 3.8) is 0 Å². The SMILES string of the molecule is c1ccc(N(c2ccccc2)c2ccc(-c3cc(-c4ccc5c6ccccc6n(-c6ccccc6)c5c4)c4oc5ccccc5c4c3)cc2)cc1. The highest BCUT2D eigenvalue weighted by Crippen LogP contribution is 2.42. The van der Waals surface area contributed by atoms with Crippen molar-refractivity contribution >= 4 is 60.8 Å². The minimum atomic E-state index is 0.891. The summed E-state index contributed by atoms with van der Waals surface area (Å²) in [4.78, 5) is 2.29. The molecule has 0 aliphatic rings. The van der Waals surface area contributed by atoms with Crippen molar-refractivity contribution in [2.75, 3.05) is 4.90 Å².